The van der Waals surface area contributed by atoms with Crippen LogP contribution in [0, 0.1) is 0 Å². The van der Waals surface area contributed by atoms with E-state index < -0.39 is 5.97 Å². The Bertz CT molecular complexity index is 538. The minimum atomic E-state index is -0.532. The molecule has 0 unspecified atom stereocenters. The highest BCUT2D eigenvalue weighted by Crippen LogP contribution is 2.37. The van der Waals surface area contributed by atoms with Crippen LogP contribution in [0.1, 0.15) is 32.9 Å². The molecule has 1 aromatic heterocycles. The maximum atomic E-state index is 11.9. The van der Waals surface area contributed by atoms with Crippen LogP contribution in [0.5, 0.6) is 0 Å². The first-order valence-corrected chi connectivity index (χ1v) is 7.60. The summed E-state index contributed by atoms with van der Waals surface area (Å²) in [6.45, 7) is 1.85. The SMILES string of the molecule is CNC(=O)c1sc(NC2CCNCC2)c(C(=O)OC)c1N. The molecule has 0 radical (unpaired) electrons. The minimum absolute atomic E-state index is 0.169. The molecule has 1 aliphatic rings. The van der Waals surface area contributed by atoms with Crippen molar-refractivity contribution in [2.75, 3.05) is 38.3 Å². The third kappa shape index (κ3) is 3.27. The summed E-state index contributed by atoms with van der Waals surface area (Å²) in [5.41, 5.74) is 6.38. The summed E-state index contributed by atoms with van der Waals surface area (Å²) in [5, 5.41) is 9.73. The van der Waals surface area contributed by atoms with Crippen molar-refractivity contribution in [2.45, 2.75) is 18.9 Å². The largest absolute Gasteiger partial charge is 0.465 e. The number of carbonyl (C=O) groups excluding carboxylic acids is 2. The van der Waals surface area contributed by atoms with Gasteiger partial charge in [-0.15, -0.1) is 11.3 Å². The van der Waals surface area contributed by atoms with Crippen LogP contribution in [0.15, 0.2) is 0 Å². The van der Waals surface area contributed by atoms with E-state index in [1.165, 1.54) is 25.5 Å². The number of hydrogen-bond donors (Lipinski definition) is 4. The lowest BCUT2D eigenvalue weighted by molar-refractivity contribution is 0.0603. The molecule has 0 bridgehead atoms. The van der Waals surface area contributed by atoms with Gasteiger partial charge in [0.1, 0.15) is 15.4 Å². The number of nitrogens with one attached hydrogen (secondary N) is 3. The van der Waals surface area contributed by atoms with Gasteiger partial charge in [0.25, 0.3) is 5.91 Å². The topological polar surface area (TPSA) is 105 Å². The van der Waals surface area contributed by atoms with Crippen LogP contribution in [0.4, 0.5) is 10.7 Å². The van der Waals surface area contributed by atoms with E-state index in [9.17, 15) is 9.59 Å². The van der Waals surface area contributed by atoms with Gasteiger partial charge >= 0.3 is 5.97 Å². The van der Waals surface area contributed by atoms with Crippen molar-refractivity contribution in [2.24, 2.45) is 0 Å². The number of carbonyl (C=O) groups is 2. The fraction of sp³-hybridized carbons (Fsp3) is 0.538. The summed E-state index contributed by atoms with van der Waals surface area (Å²) in [6, 6.07) is 0.255. The highest BCUT2D eigenvalue weighted by atomic mass is 32.1. The third-order valence-electron chi connectivity index (χ3n) is 3.44. The molecule has 8 heteroatoms. The number of rotatable bonds is 4. The molecule has 2 heterocycles. The van der Waals surface area contributed by atoms with Crippen molar-refractivity contribution in [1.82, 2.24) is 10.6 Å². The number of nitrogens with two attached hydrogens (primary N) is 1. The number of esters is 1. The molecule has 1 aliphatic heterocycles. The predicted octanol–water partition coefficient (Wildman–Crippen LogP) is 0.640. The average molecular weight is 312 g/mol. The number of thiophene rings is 1. The Morgan fingerprint density at radius 2 is 2.05 bits per heavy atom. The van der Waals surface area contributed by atoms with E-state index in [1.807, 2.05) is 0 Å². The first-order valence-electron chi connectivity index (χ1n) is 6.78. The van der Waals surface area contributed by atoms with Crippen LogP contribution in [0.25, 0.3) is 0 Å². The zero-order valence-electron chi connectivity index (χ0n) is 12.1. The number of amides is 1. The van der Waals surface area contributed by atoms with Crippen LogP contribution >= 0.6 is 11.3 Å². The summed E-state index contributed by atoms with van der Waals surface area (Å²) in [4.78, 5) is 24.1. The van der Waals surface area contributed by atoms with Crippen molar-refractivity contribution in [3.8, 4) is 0 Å². The lowest BCUT2D eigenvalue weighted by Gasteiger charge is -2.24. The second-order valence-corrected chi connectivity index (χ2v) is 5.81. The van der Waals surface area contributed by atoms with E-state index in [0.717, 1.165) is 25.9 Å². The summed E-state index contributed by atoms with van der Waals surface area (Å²) >= 11 is 1.19. The molecule has 0 aromatic carbocycles. The number of ether oxygens (including phenoxy) is 1. The first kappa shape index (κ1) is 15.6. The van der Waals surface area contributed by atoms with Crippen molar-refractivity contribution in [3.05, 3.63) is 10.4 Å². The number of methoxy groups -OCH3 is 1. The summed E-state index contributed by atoms with van der Waals surface area (Å²) in [7, 11) is 2.83. The zero-order chi connectivity index (χ0) is 15.4. The van der Waals surface area contributed by atoms with Crippen LogP contribution in [0.2, 0.25) is 0 Å². The van der Waals surface area contributed by atoms with E-state index in [1.54, 1.807) is 0 Å². The Hall–Kier alpha value is -1.80. The molecule has 1 saturated heterocycles. The number of anilines is 2. The van der Waals surface area contributed by atoms with Crippen LogP contribution < -0.4 is 21.7 Å². The fourth-order valence-corrected chi connectivity index (χ4v) is 3.42. The van der Waals surface area contributed by atoms with E-state index in [0.29, 0.717) is 9.88 Å². The first-order chi connectivity index (χ1) is 10.1. The van der Waals surface area contributed by atoms with Crippen molar-refractivity contribution in [3.63, 3.8) is 0 Å². The van der Waals surface area contributed by atoms with Gasteiger partial charge < -0.3 is 26.4 Å². The quantitative estimate of drug-likeness (QED) is 0.608. The zero-order valence-corrected chi connectivity index (χ0v) is 12.9. The smallest absolute Gasteiger partial charge is 0.343 e. The van der Waals surface area contributed by atoms with Crippen molar-refractivity contribution in [1.29, 1.82) is 0 Å². The van der Waals surface area contributed by atoms with Crippen molar-refractivity contribution < 1.29 is 14.3 Å². The number of hydrogen-bond acceptors (Lipinski definition) is 7. The highest BCUT2D eigenvalue weighted by Gasteiger charge is 2.27. The molecule has 0 spiro atoms. The lowest BCUT2D eigenvalue weighted by atomic mass is 10.1. The van der Waals surface area contributed by atoms with Crippen molar-refractivity contribution >= 4 is 33.9 Å². The molecule has 2 rings (SSSR count). The van der Waals surface area contributed by atoms with Gasteiger partial charge in [-0.2, -0.15) is 0 Å². The molecule has 0 saturated carbocycles. The molecular formula is C13H20N4O3S. The van der Waals surface area contributed by atoms with Gasteiger partial charge in [0.05, 0.1) is 12.8 Å². The molecule has 116 valence electrons. The van der Waals surface area contributed by atoms with Gasteiger partial charge in [0.2, 0.25) is 0 Å². The maximum Gasteiger partial charge on any atom is 0.343 e. The van der Waals surface area contributed by atoms with Gasteiger partial charge in [-0.05, 0) is 25.9 Å². The Morgan fingerprint density at radius 1 is 1.38 bits per heavy atom. The monoisotopic (exact) mass is 312 g/mol. The molecule has 1 fully saturated rings. The van der Waals surface area contributed by atoms with E-state index in [2.05, 4.69) is 16.0 Å². The van der Waals surface area contributed by atoms with Crippen LogP contribution in [-0.2, 0) is 4.74 Å². The average Bonchev–Trinajstić information content (AvgIpc) is 2.83. The summed E-state index contributed by atoms with van der Waals surface area (Å²) in [6.07, 6.45) is 1.90. The summed E-state index contributed by atoms with van der Waals surface area (Å²) < 4.78 is 4.78. The molecule has 7 nitrogen and oxygen atoms in total. The van der Waals surface area contributed by atoms with E-state index >= 15 is 0 Å². The fourth-order valence-electron chi connectivity index (χ4n) is 2.28. The van der Waals surface area contributed by atoms with Gasteiger partial charge in [0.15, 0.2) is 0 Å². The second-order valence-electron chi connectivity index (χ2n) is 4.79. The Morgan fingerprint density at radius 3 is 2.62 bits per heavy atom. The Kier molecular flexibility index (Phi) is 5.03. The van der Waals surface area contributed by atoms with Gasteiger partial charge in [-0.3, -0.25) is 4.79 Å². The molecule has 21 heavy (non-hydrogen) atoms. The second kappa shape index (κ2) is 6.77. The highest BCUT2D eigenvalue weighted by molar-refractivity contribution is 7.19. The molecular weight excluding hydrogens is 292 g/mol. The van der Waals surface area contributed by atoms with Crippen LogP contribution in [0.3, 0.4) is 0 Å². The molecule has 5 N–H and O–H groups in total. The molecule has 0 atom stereocenters. The lowest BCUT2D eigenvalue weighted by Crippen LogP contribution is -2.35. The summed E-state index contributed by atoms with van der Waals surface area (Å²) in [5.74, 6) is -0.837. The van der Waals surface area contributed by atoms with E-state index in [-0.39, 0.29) is 23.2 Å². The van der Waals surface area contributed by atoms with Crippen LogP contribution in [-0.4, -0.2) is 45.2 Å². The van der Waals surface area contributed by atoms with Gasteiger partial charge in [0, 0.05) is 13.1 Å². The Balaban J connectivity index is 2.33. The maximum absolute atomic E-state index is 11.9. The molecule has 0 aliphatic carbocycles. The Labute approximate surface area is 127 Å². The minimum Gasteiger partial charge on any atom is -0.465 e. The van der Waals surface area contributed by atoms with Gasteiger partial charge in [-0.25, -0.2) is 4.79 Å². The predicted molar refractivity (Wildman–Crippen MR) is 83.0 cm³/mol. The normalized spacial score (nSPS) is 15.5. The third-order valence-corrected chi connectivity index (χ3v) is 4.58. The standard InChI is InChI=1S/C13H20N4O3S/c1-15-11(18)10-9(14)8(13(19)20-2)12(21-10)17-7-3-5-16-6-4-7/h7,16-17H,3-6,14H2,1-2H3,(H,15,18). The molecule has 1 amide bonds. The number of piperidine rings is 1. The number of nitrogen functional groups attached to an aromatic ring is 1. The molecule has 1 aromatic rings. The van der Waals surface area contributed by atoms with Gasteiger partial charge in [-0.1, -0.05) is 0 Å². The van der Waals surface area contributed by atoms with E-state index in [4.69, 9.17) is 10.5 Å².